The van der Waals surface area contributed by atoms with E-state index in [9.17, 15) is 14.9 Å². The number of aliphatic hydroxyl groups is 1. The normalized spacial score (nSPS) is 9.30. The number of hydrogen-bond donors (Lipinski definition) is 3. The molecule has 0 atom stereocenters. The number of carbonyl (C=O) groups is 1. The van der Waals surface area contributed by atoms with E-state index in [0.29, 0.717) is 5.75 Å². The summed E-state index contributed by atoms with van der Waals surface area (Å²) >= 11 is 5.29. The summed E-state index contributed by atoms with van der Waals surface area (Å²) in [6, 6.07) is 7.41. The number of rotatable bonds is 7. The van der Waals surface area contributed by atoms with Crippen molar-refractivity contribution in [1.29, 1.82) is 0 Å². The maximum absolute atomic E-state index is 10.1. The van der Waals surface area contributed by atoms with Crippen molar-refractivity contribution in [2.45, 2.75) is 11.5 Å². The summed E-state index contributed by atoms with van der Waals surface area (Å²) in [6.07, 6.45) is 0. The van der Waals surface area contributed by atoms with Gasteiger partial charge in [-0.1, -0.05) is 12.1 Å². The summed E-state index contributed by atoms with van der Waals surface area (Å²) in [7, 11) is 0. The number of thiol groups is 1. The van der Waals surface area contributed by atoms with Crippen LogP contribution in [0.1, 0.15) is 5.56 Å². The van der Waals surface area contributed by atoms with E-state index in [2.05, 4.69) is 17.5 Å². The second-order valence-corrected chi connectivity index (χ2v) is 5.02. The molecule has 1 amide bonds. The van der Waals surface area contributed by atoms with Gasteiger partial charge in [-0.2, -0.15) is 11.8 Å². The molecule has 0 fully saturated rings. The predicted molar refractivity (Wildman–Crippen MR) is 79.1 cm³/mol. The van der Waals surface area contributed by atoms with Gasteiger partial charge in [0.1, 0.15) is 6.61 Å². The number of hydrogen-bond acceptors (Lipinski definition) is 7. The van der Waals surface area contributed by atoms with E-state index in [4.69, 9.17) is 10.8 Å². The van der Waals surface area contributed by atoms with Gasteiger partial charge in [0.25, 0.3) is 5.09 Å². The second kappa shape index (κ2) is 11.4. The molecule has 1 aromatic carbocycles. The number of nitrogens with zero attached hydrogens (tertiary/aromatic N) is 1. The van der Waals surface area contributed by atoms with Gasteiger partial charge in [0.15, 0.2) is 0 Å². The molecule has 9 heteroatoms. The lowest BCUT2D eigenvalue weighted by Crippen LogP contribution is -2.14. The molecule has 0 spiro atoms. The van der Waals surface area contributed by atoms with Crippen molar-refractivity contribution in [3.63, 3.8) is 0 Å². The molecule has 0 saturated heterocycles. The zero-order valence-electron chi connectivity index (χ0n) is 10.6. The van der Waals surface area contributed by atoms with Crippen LogP contribution < -0.4 is 5.73 Å². The van der Waals surface area contributed by atoms with Crippen molar-refractivity contribution in [2.75, 3.05) is 18.1 Å². The molecular formula is C11H16N2O5S2. The Hall–Kier alpha value is -1.45. The molecule has 0 saturated carbocycles. The maximum atomic E-state index is 10.1. The number of amides is 1. The highest BCUT2D eigenvalue weighted by Crippen LogP contribution is 2.06. The molecule has 3 N–H and O–H groups in total. The Morgan fingerprint density at radius 1 is 1.45 bits per heavy atom. The third kappa shape index (κ3) is 11.6. The second-order valence-electron chi connectivity index (χ2n) is 3.40. The molecule has 0 unspecified atom stereocenters. The smallest absolute Gasteiger partial charge is 0.294 e. The Balaban J connectivity index is 0.000000367. The van der Waals surface area contributed by atoms with Crippen molar-refractivity contribution in [2.24, 2.45) is 5.73 Å². The molecule has 20 heavy (non-hydrogen) atoms. The van der Waals surface area contributed by atoms with Gasteiger partial charge in [0.05, 0.1) is 12.4 Å². The highest BCUT2D eigenvalue weighted by Gasteiger charge is 1.96. The van der Waals surface area contributed by atoms with Crippen LogP contribution in [0, 0.1) is 10.1 Å². The first-order chi connectivity index (χ1) is 9.45. The predicted octanol–water partition coefficient (Wildman–Crippen LogP) is 0.881. The van der Waals surface area contributed by atoms with Crippen LogP contribution in [-0.2, 0) is 16.2 Å². The van der Waals surface area contributed by atoms with Crippen molar-refractivity contribution in [1.82, 2.24) is 0 Å². The first-order valence-corrected chi connectivity index (χ1v) is 7.08. The molecule has 0 heterocycles. The van der Waals surface area contributed by atoms with E-state index >= 15 is 0 Å². The van der Waals surface area contributed by atoms with E-state index in [0.717, 1.165) is 10.5 Å². The molecule has 0 radical (unpaired) electrons. The van der Waals surface area contributed by atoms with E-state index in [1.165, 1.54) is 11.8 Å². The first-order valence-electron chi connectivity index (χ1n) is 5.47. The van der Waals surface area contributed by atoms with Crippen LogP contribution in [0.2, 0.25) is 0 Å². The standard InChI is InChI=1S/C7H8OS.C4H8N2O4S/c8-5-6-1-3-7(9)4-2-6;5-4(7)3-11-2-1-10-6(8)9/h1-4,8-9H,5H2;1-3H2,(H2,5,7). The summed E-state index contributed by atoms with van der Waals surface area (Å²) in [4.78, 5) is 24.6. The third-order valence-corrected chi connectivity index (χ3v) is 3.03. The summed E-state index contributed by atoms with van der Waals surface area (Å²) in [5.41, 5.74) is 5.72. The van der Waals surface area contributed by atoms with E-state index < -0.39 is 11.0 Å². The topological polar surface area (TPSA) is 116 Å². The number of primary amides is 1. The molecule has 0 aliphatic heterocycles. The van der Waals surface area contributed by atoms with Crippen LogP contribution in [0.15, 0.2) is 29.2 Å². The molecular weight excluding hydrogens is 304 g/mol. The zero-order chi connectivity index (χ0) is 15.4. The Morgan fingerprint density at radius 2 is 2.05 bits per heavy atom. The van der Waals surface area contributed by atoms with Crippen LogP contribution in [0.5, 0.6) is 0 Å². The summed E-state index contributed by atoms with van der Waals surface area (Å²) in [5, 5.41) is 17.3. The quantitative estimate of drug-likeness (QED) is 0.297. The van der Waals surface area contributed by atoms with Crippen LogP contribution >= 0.6 is 24.4 Å². The van der Waals surface area contributed by atoms with E-state index in [-0.39, 0.29) is 19.0 Å². The minimum Gasteiger partial charge on any atom is -0.392 e. The minimum atomic E-state index is -0.870. The number of nitrogens with two attached hydrogens (primary N) is 1. The van der Waals surface area contributed by atoms with Crippen LogP contribution in [0.3, 0.4) is 0 Å². The Morgan fingerprint density at radius 3 is 2.50 bits per heavy atom. The number of carbonyl (C=O) groups excluding carboxylic acids is 1. The Kier molecular flexibility index (Phi) is 10.6. The third-order valence-electron chi connectivity index (χ3n) is 1.79. The van der Waals surface area contributed by atoms with Crippen molar-refractivity contribution >= 4 is 30.3 Å². The fraction of sp³-hybridized carbons (Fsp3) is 0.364. The lowest BCUT2D eigenvalue weighted by atomic mass is 10.2. The van der Waals surface area contributed by atoms with Crippen LogP contribution in [0.25, 0.3) is 0 Å². The van der Waals surface area contributed by atoms with E-state index in [1.807, 2.05) is 24.3 Å². The van der Waals surface area contributed by atoms with Crippen molar-refractivity contribution in [3.8, 4) is 0 Å². The largest absolute Gasteiger partial charge is 0.392 e. The minimum absolute atomic E-state index is 0.00898. The van der Waals surface area contributed by atoms with Gasteiger partial charge in [0, 0.05) is 10.6 Å². The van der Waals surface area contributed by atoms with Gasteiger partial charge in [-0.25, -0.2) is 0 Å². The molecule has 1 rings (SSSR count). The molecule has 0 aliphatic carbocycles. The highest BCUT2D eigenvalue weighted by molar-refractivity contribution is 7.99. The number of benzene rings is 1. The SMILES string of the molecule is NC(=O)CSCCO[N+](=O)[O-].OCc1ccc(S)cc1. The lowest BCUT2D eigenvalue weighted by molar-refractivity contribution is -0.756. The molecule has 0 aromatic heterocycles. The highest BCUT2D eigenvalue weighted by atomic mass is 32.2. The van der Waals surface area contributed by atoms with Gasteiger partial charge in [-0.15, -0.1) is 22.7 Å². The van der Waals surface area contributed by atoms with Gasteiger partial charge >= 0.3 is 0 Å². The average molecular weight is 320 g/mol. The summed E-state index contributed by atoms with van der Waals surface area (Å²) in [5.74, 6) is 0.126. The molecule has 1 aromatic rings. The van der Waals surface area contributed by atoms with E-state index in [1.54, 1.807) is 0 Å². The Bertz CT molecular complexity index is 398. The molecule has 112 valence electrons. The maximum Gasteiger partial charge on any atom is 0.294 e. The van der Waals surface area contributed by atoms with Gasteiger partial charge in [-0.3, -0.25) is 4.79 Å². The summed E-state index contributed by atoms with van der Waals surface area (Å²) in [6.45, 7) is 0.0962. The summed E-state index contributed by atoms with van der Waals surface area (Å²) < 4.78 is 0. The first kappa shape index (κ1) is 18.6. The van der Waals surface area contributed by atoms with Crippen LogP contribution in [0.4, 0.5) is 0 Å². The molecule has 0 aliphatic rings. The fourth-order valence-electron chi connectivity index (χ4n) is 0.945. The van der Waals surface area contributed by atoms with Gasteiger partial charge in [-0.05, 0) is 17.7 Å². The van der Waals surface area contributed by atoms with Crippen LogP contribution in [-0.4, -0.2) is 34.2 Å². The monoisotopic (exact) mass is 320 g/mol. The number of aliphatic hydroxyl groups excluding tert-OH is 1. The van der Waals surface area contributed by atoms with Crippen molar-refractivity contribution in [3.05, 3.63) is 39.9 Å². The van der Waals surface area contributed by atoms with Gasteiger partial charge < -0.3 is 15.7 Å². The zero-order valence-corrected chi connectivity index (χ0v) is 12.3. The Labute approximate surface area is 126 Å². The fourth-order valence-corrected chi connectivity index (χ4v) is 1.63. The average Bonchev–Trinajstić information content (AvgIpc) is 2.39. The number of thioether (sulfide) groups is 1. The van der Waals surface area contributed by atoms with Gasteiger partial charge in [0.2, 0.25) is 5.91 Å². The molecule has 7 nitrogen and oxygen atoms in total. The molecule has 0 bridgehead atoms. The lowest BCUT2D eigenvalue weighted by Gasteiger charge is -1.96. The van der Waals surface area contributed by atoms with Crippen molar-refractivity contribution < 1.29 is 19.8 Å².